The van der Waals surface area contributed by atoms with Crippen LogP contribution in [0.1, 0.15) is 46.9 Å². The Morgan fingerprint density at radius 3 is 2.40 bits per heavy atom. The summed E-state index contributed by atoms with van der Waals surface area (Å²) in [6.07, 6.45) is 0.870. The molecule has 6 heteroatoms. The molecule has 0 aliphatic rings. The second kappa shape index (κ2) is 10.3. The highest BCUT2D eigenvalue weighted by Crippen LogP contribution is 2.20. The third kappa shape index (κ3) is 5.60. The molecule has 3 rings (SSSR count). The molecule has 30 heavy (non-hydrogen) atoms. The van der Waals surface area contributed by atoms with Gasteiger partial charge in [0.2, 0.25) is 0 Å². The number of benzene rings is 2. The average molecular weight is 425 g/mol. The number of rotatable bonds is 9. The zero-order valence-electron chi connectivity index (χ0n) is 17.9. The zero-order chi connectivity index (χ0) is 21.5. The number of amides is 1. The Kier molecular flexibility index (Phi) is 7.46. The van der Waals surface area contributed by atoms with Crippen LogP contribution in [0.25, 0.3) is 0 Å². The van der Waals surface area contributed by atoms with Crippen LogP contribution in [-0.4, -0.2) is 28.9 Å². The molecule has 2 aromatic carbocycles. The molecule has 0 aliphatic carbocycles. The molecule has 5 nitrogen and oxygen atoms in total. The molecular weight excluding hydrogens is 396 g/mol. The molecule has 1 aromatic heterocycles. The average Bonchev–Trinajstić information content (AvgIpc) is 3.23. The van der Waals surface area contributed by atoms with Gasteiger partial charge in [-0.25, -0.2) is 4.98 Å². The minimum absolute atomic E-state index is 0.00235. The lowest BCUT2D eigenvalue weighted by molar-refractivity contribution is 0.0669. The van der Waals surface area contributed by atoms with E-state index in [0.717, 1.165) is 28.6 Å². The second-order valence-corrected chi connectivity index (χ2v) is 8.20. The molecule has 0 fully saturated rings. The van der Waals surface area contributed by atoms with Gasteiger partial charge in [-0.1, -0.05) is 24.6 Å². The first kappa shape index (κ1) is 21.8. The van der Waals surface area contributed by atoms with E-state index in [2.05, 4.69) is 18.8 Å². The van der Waals surface area contributed by atoms with E-state index < -0.39 is 0 Å². The fourth-order valence-corrected chi connectivity index (χ4v) is 3.69. The van der Waals surface area contributed by atoms with E-state index in [1.54, 1.807) is 30.6 Å². The monoisotopic (exact) mass is 424 g/mol. The van der Waals surface area contributed by atoms with E-state index in [-0.39, 0.29) is 11.9 Å². The van der Waals surface area contributed by atoms with Gasteiger partial charge in [-0.05, 0) is 56.7 Å². The van der Waals surface area contributed by atoms with E-state index in [1.165, 1.54) is 5.56 Å². The highest BCUT2D eigenvalue weighted by Gasteiger charge is 2.22. The third-order valence-corrected chi connectivity index (χ3v) is 5.91. The number of aryl methyl sites for hydroxylation is 1. The Morgan fingerprint density at radius 1 is 1.10 bits per heavy atom. The third-order valence-electron chi connectivity index (χ3n) is 5.04. The van der Waals surface area contributed by atoms with Gasteiger partial charge in [0.05, 0.1) is 19.3 Å². The van der Waals surface area contributed by atoms with Gasteiger partial charge in [0.15, 0.2) is 0 Å². The van der Waals surface area contributed by atoms with Crippen LogP contribution in [0, 0.1) is 6.92 Å². The van der Waals surface area contributed by atoms with Gasteiger partial charge in [-0.15, -0.1) is 11.3 Å². The minimum Gasteiger partial charge on any atom is -0.497 e. The summed E-state index contributed by atoms with van der Waals surface area (Å²) in [5, 5.41) is 2.90. The van der Waals surface area contributed by atoms with Crippen molar-refractivity contribution in [1.29, 1.82) is 0 Å². The van der Waals surface area contributed by atoms with E-state index in [1.807, 2.05) is 53.6 Å². The van der Waals surface area contributed by atoms with Crippen molar-refractivity contribution in [2.75, 3.05) is 7.11 Å². The predicted molar refractivity (Wildman–Crippen MR) is 120 cm³/mol. The SMILES string of the molecule is CCC(C)N(Cc1csc(COc2ccc(C)cc2)n1)C(=O)c1ccc(OC)cc1. The Balaban J connectivity index is 1.67. The maximum Gasteiger partial charge on any atom is 0.254 e. The molecule has 0 saturated heterocycles. The Bertz CT molecular complexity index is 951. The first-order chi connectivity index (χ1) is 14.5. The highest BCUT2D eigenvalue weighted by molar-refractivity contribution is 7.09. The van der Waals surface area contributed by atoms with Gasteiger partial charge in [-0.2, -0.15) is 0 Å². The van der Waals surface area contributed by atoms with E-state index >= 15 is 0 Å². The van der Waals surface area contributed by atoms with E-state index in [9.17, 15) is 4.79 Å². The molecule has 1 unspecified atom stereocenters. The van der Waals surface area contributed by atoms with Gasteiger partial charge in [0.1, 0.15) is 23.1 Å². The Labute approximate surface area is 182 Å². The van der Waals surface area contributed by atoms with Crippen LogP contribution in [0.4, 0.5) is 0 Å². The summed E-state index contributed by atoms with van der Waals surface area (Å²) in [7, 11) is 1.62. The minimum atomic E-state index is -0.00235. The predicted octanol–water partition coefficient (Wildman–Crippen LogP) is 5.48. The first-order valence-electron chi connectivity index (χ1n) is 10.1. The van der Waals surface area contributed by atoms with Crippen molar-refractivity contribution < 1.29 is 14.3 Å². The van der Waals surface area contributed by atoms with Crippen LogP contribution in [0.5, 0.6) is 11.5 Å². The van der Waals surface area contributed by atoms with Gasteiger partial charge in [0.25, 0.3) is 5.91 Å². The molecule has 0 spiro atoms. The summed E-state index contributed by atoms with van der Waals surface area (Å²) in [5.74, 6) is 1.56. The number of carbonyl (C=O) groups excluding carboxylic acids is 1. The molecule has 1 heterocycles. The molecule has 0 aliphatic heterocycles. The van der Waals surface area contributed by atoms with Crippen LogP contribution in [0.3, 0.4) is 0 Å². The van der Waals surface area contributed by atoms with Crippen LogP contribution in [0.2, 0.25) is 0 Å². The number of carbonyl (C=O) groups is 1. The van der Waals surface area contributed by atoms with Gasteiger partial charge < -0.3 is 14.4 Å². The summed E-state index contributed by atoms with van der Waals surface area (Å²) in [6.45, 7) is 7.09. The molecular formula is C24H28N2O3S. The molecule has 0 N–H and O–H groups in total. The molecule has 3 aromatic rings. The van der Waals surface area contributed by atoms with Crippen LogP contribution < -0.4 is 9.47 Å². The smallest absolute Gasteiger partial charge is 0.254 e. The zero-order valence-corrected chi connectivity index (χ0v) is 18.7. The molecule has 1 atom stereocenters. The summed E-state index contributed by atoms with van der Waals surface area (Å²) in [5.41, 5.74) is 2.73. The lowest BCUT2D eigenvalue weighted by Crippen LogP contribution is -2.37. The van der Waals surface area contributed by atoms with Crippen molar-refractivity contribution in [3.63, 3.8) is 0 Å². The summed E-state index contributed by atoms with van der Waals surface area (Å²) in [4.78, 5) is 19.7. The number of nitrogens with zero attached hydrogens (tertiary/aromatic N) is 2. The van der Waals surface area contributed by atoms with Gasteiger partial charge >= 0.3 is 0 Å². The molecule has 158 valence electrons. The van der Waals surface area contributed by atoms with Crippen LogP contribution >= 0.6 is 11.3 Å². The fourth-order valence-electron chi connectivity index (χ4n) is 2.99. The summed E-state index contributed by atoms with van der Waals surface area (Å²) in [6, 6.07) is 15.3. The summed E-state index contributed by atoms with van der Waals surface area (Å²) < 4.78 is 11.0. The van der Waals surface area contributed by atoms with Crippen molar-refractivity contribution in [2.45, 2.75) is 46.4 Å². The van der Waals surface area contributed by atoms with Gasteiger partial charge in [-0.3, -0.25) is 4.79 Å². The van der Waals surface area contributed by atoms with E-state index in [0.29, 0.717) is 18.7 Å². The topological polar surface area (TPSA) is 51.7 Å². The molecule has 0 bridgehead atoms. The van der Waals surface area contributed by atoms with Crippen molar-refractivity contribution in [3.05, 3.63) is 75.7 Å². The molecule has 0 radical (unpaired) electrons. The van der Waals surface area contributed by atoms with Crippen LogP contribution in [-0.2, 0) is 13.2 Å². The van der Waals surface area contributed by atoms with Crippen molar-refractivity contribution in [1.82, 2.24) is 9.88 Å². The summed E-state index contributed by atoms with van der Waals surface area (Å²) >= 11 is 1.56. The molecule has 0 saturated carbocycles. The molecule has 1 amide bonds. The largest absolute Gasteiger partial charge is 0.497 e. The van der Waals surface area contributed by atoms with E-state index in [4.69, 9.17) is 9.47 Å². The number of hydrogen-bond acceptors (Lipinski definition) is 5. The number of hydrogen-bond donors (Lipinski definition) is 0. The maximum atomic E-state index is 13.1. The number of methoxy groups -OCH3 is 1. The lowest BCUT2D eigenvalue weighted by atomic mass is 10.1. The normalized spacial score (nSPS) is 11.7. The Hall–Kier alpha value is -2.86. The first-order valence-corrected chi connectivity index (χ1v) is 11.0. The van der Waals surface area contributed by atoms with Crippen molar-refractivity contribution in [3.8, 4) is 11.5 Å². The fraction of sp³-hybridized carbons (Fsp3) is 0.333. The van der Waals surface area contributed by atoms with Crippen molar-refractivity contribution >= 4 is 17.2 Å². The van der Waals surface area contributed by atoms with Crippen LogP contribution in [0.15, 0.2) is 53.9 Å². The quantitative estimate of drug-likeness (QED) is 0.456. The highest BCUT2D eigenvalue weighted by atomic mass is 32.1. The lowest BCUT2D eigenvalue weighted by Gasteiger charge is -2.28. The Morgan fingerprint density at radius 2 is 1.77 bits per heavy atom. The number of aromatic nitrogens is 1. The second-order valence-electron chi connectivity index (χ2n) is 7.25. The number of thiazole rings is 1. The van der Waals surface area contributed by atoms with Crippen molar-refractivity contribution in [2.24, 2.45) is 0 Å². The maximum absolute atomic E-state index is 13.1. The number of ether oxygens (including phenoxy) is 2. The van der Waals surface area contributed by atoms with Gasteiger partial charge in [0, 0.05) is 17.0 Å². The standard InChI is InChI=1S/C24H28N2O3S/c1-5-18(3)26(24(27)19-8-12-21(28-4)13-9-19)14-20-16-30-23(25-20)15-29-22-10-6-17(2)7-11-22/h6-13,16,18H,5,14-15H2,1-4H3.